The molecule has 0 fully saturated rings. The second-order valence-corrected chi connectivity index (χ2v) is 7.97. The highest BCUT2D eigenvalue weighted by Gasteiger charge is 2.23. The number of fused-ring (bicyclic) bond motifs is 1. The van der Waals surface area contributed by atoms with Gasteiger partial charge in [0.2, 0.25) is 11.7 Å². The lowest BCUT2D eigenvalue weighted by atomic mass is 10.0. The maximum Gasteiger partial charge on any atom is 0.340 e. The van der Waals surface area contributed by atoms with Gasteiger partial charge in [-0.2, -0.15) is 11.8 Å². The summed E-state index contributed by atoms with van der Waals surface area (Å²) < 4.78 is 5.09. The second kappa shape index (κ2) is 9.57. The van der Waals surface area contributed by atoms with Crippen LogP contribution in [0.15, 0.2) is 51.7 Å². The van der Waals surface area contributed by atoms with Crippen molar-refractivity contribution in [2.75, 3.05) is 5.75 Å². The van der Waals surface area contributed by atoms with Crippen molar-refractivity contribution in [2.45, 2.75) is 25.1 Å². The Morgan fingerprint density at radius 1 is 1.13 bits per heavy atom. The van der Waals surface area contributed by atoms with Crippen LogP contribution in [0.25, 0.3) is 11.0 Å². The average Bonchev–Trinajstić information content (AvgIpc) is 2.74. The number of carbonyl (C=O) groups is 2. The third-order valence-electron chi connectivity index (χ3n) is 4.77. The topological polar surface area (TPSA) is 137 Å². The number of hydrogen-bond donors (Lipinski definition) is 4. The number of nitrogens with one attached hydrogen (secondary N) is 1. The molecule has 3 rings (SSSR count). The third kappa shape index (κ3) is 5.18. The molecule has 162 valence electrons. The number of phenols is 2. The Morgan fingerprint density at radius 3 is 2.52 bits per heavy atom. The molecule has 1 amide bonds. The minimum Gasteiger partial charge on any atom is -0.504 e. The molecule has 0 saturated carbocycles. The first-order chi connectivity index (χ1) is 14.8. The van der Waals surface area contributed by atoms with Crippen LogP contribution in [0.2, 0.25) is 0 Å². The number of aryl methyl sites for hydroxylation is 1. The zero-order chi connectivity index (χ0) is 22.5. The molecule has 0 aliphatic rings. The fourth-order valence-corrected chi connectivity index (χ4v) is 4.09. The van der Waals surface area contributed by atoms with Gasteiger partial charge in [0, 0.05) is 16.9 Å². The molecule has 1 unspecified atom stereocenters. The number of rotatable bonds is 8. The minimum absolute atomic E-state index is 0.0520. The Labute approximate surface area is 181 Å². The average molecular weight is 443 g/mol. The lowest BCUT2D eigenvalue weighted by Gasteiger charge is -2.15. The molecule has 9 heteroatoms. The Morgan fingerprint density at radius 2 is 1.84 bits per heavy atom. The van der Waals surface area contributed by atoms with Gasteiger partial charge in [-0.25, -0.2) is 9.59 Å². The molecule has 4 N–H and O–H groups in total. The number of carboxylic acid groups (broad SMARTS) is 1. The highest BCUT2D eigenvalue weighted by molar-refractivity contribution is 7.98. The van der Waals surface area contributed by atoms with Crippen LogP contribution in [0.3, 0.4) is 0 Å². The molecule has 0 bridgehead atoms. The zero-order valence-electron chi connectivity index (χ0n) is 16.6. The van der Waals surface area contributed by atoms with E-state index >= 15 is 0 Å². The van der Waals surface area contributed by atoms with Gasteiger partial charge >= 0.3 is 11.6 Å². The van der Waals surface area contributed by atoms with Crippen LogP contribution >= 0.6 is 11.8 Å². The first-order valence-corrected chi connectivity index (χ1v) is 10.5. The predicted molar refractivity (Wildman–Crippen MR) is 116 cm³/mol. The first-order valence-electron chi connectivity index (χ1n) is 9.39. The summed E-state index contributed by atoms with van der Waals surface area (Å²) in [4.78, 5) is 36.4. The van der Waals surface area contributed by atoms with Crippen molar-refractivity contribution in [1.82, 2.24) is 5.32 Å². The van der Waals surface area contributed by atoms with Crippen LogP contribution in [0.1, 0.15) is 16.7 Å². The second-order valence-electron chi connectivity index (χ2n) is 6.94. The van der Waals surface area contributed by atoms with E-state index in [2.05, 4.69) is 5.32 Å². The smallest absolute Gasteiger partial charge is 0.340 e. The number of phenolic OH excluding ortho intramolecular Hbond substituents is 2. The van der Waals surface area contributed by atoms with E-state index in [1.54, 1.807) is 6.92 Å². The van der Waals surface area contributed by atoms with Crippen molar-refractivity contribution >= 4 is 34.6 Å². The van der Waals surface area contributed by atoms with E-state index < -0.39 is 35.0 Å². The Hall–Kier alpha value is -3.46. The minimum atomic E-state index is -1.17. The van der Waals surface area contributed by atoms with Gasteiger partial charge in [0.1, 0.15) is 6.04 Å². The summed E-state index contributed by atoms with van der Waals surface area (Å²) in [5.41, 5.74) is 0.485. The molecule has 31 heavy (non-hydrogen) atoms. The van der Waals surface area contributed by atoms with Gasteiger partial charge in [-0.1, -0.05) is 30.3 Å². The summed E-state index contributed by atoms with van der Waals surface area (Å²) in [6, 6.07) is 11.1. The number of aromatic hydroxyl groups is 2. The van der Waals surface area contributed by atoms with Crippen molar-refractivity contribution in [3.63, 3.8) is 0 Å². The van der Waals surface area contributed by atoms with Crippen LogP contribution in [-0.4, -0.2) is 39.0 Å². The Balaban J connectivity index is 1.71. The molecule has 0 saturated heterocycles. The van der Waals surface area contributed by atoms with E-state index in [9.17, 15) is 29.7 Å². The third-order valence-corrected chi connectivity index (χ3v) is 5.88. The molecule has 0 aliphatic carbocycles. The molecule has 3 aromatic rings. The summed E-state index contributed by atoms with van der Waals surface area (Å²) in [6.07, 6.45) is -0.376. The van der Waals surface area contributed by atoms with Crippen molar-refractivity contribution in [3.8, 4) is 11.5 Å². The number of aliphatic carboxylic acids is 1. The number of carbonyl (C=O) groups excluding carboxylic acids is 1. The van der Waals surface area contributed by atoms with Crippen molar-refractivity contribution < 1.29 is 29.3 Å². The van der Waals surface area contributed by atoms with E-state index in [-0.39, 0.29) is 23.3 Å². The fourth-order valence-electron chi connectivity index (χ4n) is 3.08. The lowest BCUT2D eigenvalue weighted by Crippen LogP contribution is -2.43. The van der Waals surface area contributed by atoms with Crippen LogP contribution in [0, 0.1) is 6.92 Å². The molecular formula is C22H21NO7S. The summed E-state index contributed by atoms with van der Waals surface area (Å²) in [5, 5.41) is 31.7. The molecule has 0 radical (unpaired) electrons. The predicted octanol–water partition coefficient (Wildman–Crippen LogP) is 2.56. The fraction of sp³-hybridized carbons (Fsp3) is 0.227. The lowest BCUT2D eigenvalue weighted by molar-refractivity contribution is -0.141. The molecule has 1 heterocycles. The van der Waals surface area contributed by atoms with E-state index in [4.69, 9.17) is 4.42 Å². The molecule has 8 nitrogen and oxygen atoms in total. The van der Waals surface area contributed by atoms with Gasteiger partial charge in [-0.05, 0) is 30.2 Å². The van der Waals surface area contributed by atoms with E-state index in [1.807, 2.05) is 30.3 Å². The Bertz CT molecular complexity index is 1170. The van der Waals surface area contributed by atoms with Crippen molar-refractivity contribution in [1.29, 1.82) is 0 Å². The molecular weight excluding hydrogens is 422 g/mol. The van der Waals surface area contributed by atoms with Gasteiger partial charge in [-0.3, -0.25) is 4.79 Å². The first kappa shape index (κ1) is 22.2. The molecule has 0 spiro atoms. The molecule has 1 aromatic heterocycles. The summed E-state index contributed by atoms with van der Waals surface area (Å²) in [6.45, 7) is 1.59. The van der Waals surface area contributed by atoms with Crippen LogP contribution < -0.4 is 10.9 Å². The maximum absolute atomic E-state index is 12.5. The van der Waals surface area contributed by atoms with Crippen molar-refractivity contribution in [3.05, 3.63) is 69.6 Å². The van der Waals surface area contributed by atoms with E-state index in [1.165, 1.54) is 23.9 Å². The zero-order valence-corrected chi connectivity index (χ0v) is 17.4. The highest BCUT2D eigenvalue weighted by Crippen LogP contribution is 2.34. The van der Waals surface area contributed by atoms with Gasteiger partial charge < -0.3 is 25.1 Å². The number of hydrogen-bond acceptors (Lipinski definition) is 7. The number of benzene rings is 2. The molecule has 0 aliphatic heterocycles. The normalized spacial score (nSPS) is 11.9. The highest BCUT2D eigenvalue weighted by atomic mass is 32.2. The van der Waals surface area contributed by atoms with Crippen LogP contribution in [0.5, 0.6) is 11.5 Å². The van der Waals surface area contributed by atoms with Crippen molar-refractivity contribution in [2.24, 2.45) is 0 Å². The number of carboxylic acids is 1. The van der Waals surface area contributed by atoms with Gasteiger partial charge in [0.15, 0.2) is 11.3 Å². The van der Waals surface area contributed by atoms with E-state index in [0.29, 0.717) is 16.7 Å². The number of thioether (sulfide) groups is 1. The molecule has 2 aromatic carbocycles. The summed E-state index contributed by atoms with van der Waals surface area (Å²) >= 11 is 1.37. The quantitative estimate of drug-likeness (QED) is 0.308. The molecule has 1 atom stereocenters. The SMILES string of the molecule is Cc1c(CC(=O)NC(CSCc2ccccc2)C(=O)O)c(=O)oc2c(O)c(O)ccc12. The monoisotopic (exact) mass is 443 g/mol. The van der Waals surface area contributed by atoms with Crippen LogP contribution in [0.4, 0.5) is 0 Å². The number of amides is 1. The van der Waals surface area contributed by atoms with E-state index in [0.717, 1.165) is 5.56 Å². The Kier molecular flexibility index (Phi) is 6.86. The maximum atomic E-state index is 12.5. The van der Waals surface area contributed by atoms with Gasteiger partial charge in [0.05, 0.1) is 12.0 Å². The summed E-state index contributed by atoms with van der Waals surface area (Å²) in [7, 11) is 0. The standard InChI is InChI=1S/C22H21NO7S/c1-12-14-7-8-17(24)19(26)20(14)30-22(29)15(12)9-18(25)23-16(21(27)28)11-31-10-13-5-3-2-4-6-13/h2-8,16,24,26H,9-11H2,1H3,(H,23,25)(H,27,28). The van der Waals surface area contributed by atoms with Crippen LogP contribution in [-0.2, 0) is 21.8 Å². The van der Waals surface area contributed by atoms with Gasteiger partial charge in [0.25, 0.3) is 0 Å². The summed E-state index contributed by atoms with van der Waals surface area (Å²) in [5.74, 6) is -2.03. The largest absolute Gasteiger partial charge is 0.504 e. The van der Waals surface area contributed by atoms with Gasteiger partial charge in [-0.15, -0.1) is 0 Å².